The zero-order valence-corrected chi connectivity index (χ0v) is 12.2. The molecule has 1 aliphatic rings. The van der Waals surface area contributed by atoms with Crippen LogP contribution >= 0.6 is 12.4 Å². The number of rotatable bonds is 2. The van der Waals surface area contributed by atoms with Crippen molar-refractivity contribution in [2.24, 2.45) is 0 Å². The van der Waals surface area contributed by atoms with Crippen molar-refractivity contribution in [1.29, 1.82) is 0 Å². The van der Waals surface area contributed by atoms with Gasteiger partial charge in [0, 0.05) is 18.0 Å². The average molecular weight is 278 g/mol. The van der Waals surface area contributed by atoms with Gasteiger partial charge < -0.3 is 10.6 Å². The second-order valence-electron chi connectivity index (χ2n) is 5.05. The Labute approximate surface area is 120 Å². The lowest BCUT2D eigenvalue weighted by Crippen LogP contribution is -2.23. The summed E-state index contributed by atoms with van der Waals surface area (Å²) in [6.07, 6.45) is 1.19. The van der Waals surface area contributed by atoms with Gasteiger partial charge >= 0.3 is 0 Å². The molecule has 0 aliphatic carbocycles. The Morgan fingerprint density at radius 2 is 2.05 bits per heavy atom. The van der Waals surface area contributed by atoms with Crippen LogP contribution in [0.15, 0.2) is 24.3 Å². The molecule has 2 aromatic rings. The van der Waals surface area contributed by atoms with Crippen LogP contribution in [0.4, 0.5) is 5.69 Å². The van der Waals surface area contributed by atoms with E-state index in [4.69, 9.17) is 4.98 Å². The second kappa shape index (κ2) is 5.76. The average Bonchev–Trinajstić information content (AvgIpc) is 2.87. The van der Waals surface area contributed by atoms with E-state index in [1.807, 2.05) is 6.07 Å². The van der Waals surface area contributed by atoms with Gasteiger partial charge in [0.15, 0.2) is 0 Å². The molecule has 0 radical (unpaired) electrons. The first kappa shape index (κ1) is 14.1. The van der Waals surface area contributed by atoms with Crippen molar-refractivity contribution in [2.75, 3.05) is 18.4 Å². The number of halogens is 1. The molecule has 0 bridgehead atoms. The molecule has 4 heteroatoms. The molecular weight excluding hydrogens is 258 g/mol. The largest absolute Gasteiger partial charge is 0.379 e. The van der Waals surface area contributed by atoms with E-state index in [0.29, 0.717) is 6.04 Å². The predicted molar refractivity (Wildman–Crippen MR) is 83.4 cm³/mol. The number of benzene rings is 1. The number of pyridine rings is 1. The number of nitrogens with zero attached hydrogens (tertiary/aromatic N) is 1. The Morgan fingerprint density at radius 1 is 1.26 bits per heavy atom. The van der Waals surface area contributed by atoms with Gasteiger partial charge in [0.25, 0.3) is 0 Å². The lowest BCUT2D eigenvalue weighted by Gasteiger charge is -2.18. The molecular formula is C15H20ClN3. The van der Waals surface area contributed by atoms with E-state index < -0.39 is 0 Å². The lowest BCUT2D eigenvalue weighted by atomic mass is 10.1. The fraction of sp³-hybridized carbons (Fsp3) is 0.400. The Balaban J connectivity index is 0.00000133. The van der Waals surface area contributed by atoms with Crippen molar-refractivity contribution in [1.82, 2.24) is 10.3 Å². The van der Waals surface area contributed by atoms with Gasteiger partial charge in [-0.1, -0.05) is 18.2 Å². The van der Waals surface area contributed by atoms with E-state index in [1.54, 1.807) is 0 Å². The Kier molecular flexibility index (Phi) is 4.27. The van der Waals surface area contributed by atoms with Crippen molar-refractivity contribution in [3.05, 3.63) is 35.5 Å². The number of hydrogen-bond donors (Lipinski definition) is 2. The van der Waals surface area contributed by atoms with Gasteiger partial charge in [-0.15, -0.1) is 12.4 Å². The molecule has 0 amide bonds. The molecule has 1 saturated heterocycles. The van der Waals surface area contributed by atoms with Crippen LogP contribution in [0.3, 0.4) is 0 Å². The third kappa shape index (κ3) is 2.67. The van der Waals surface area contributed by atoms with E-state index in [9.17, 15) is 0 Å². The SMILES string of the molecule is Cc1nc2ccccc2c(C)c1NC1CCNC1.Cl. The molecule has 1 atom stereocenters. The van der Waals surface area contributed by atoms with Crippen LogP contribution in [0, 0.1) is 13.8 Å². The summed E-state index contributed by atoms with van der Waals surface area (Å²) in [4.78, 5) is 4.70. The number of aromatic nitrogens is 1. The highest BCUT2D eigenvalue weighted by atomic mass is 35.5. The Bertz CT molecular complexity index is 577. The van der Waals surface area contributed by atoms with Gasteiger partial charge in [-0.3, -0.25) is 4.98 Å². The second-order valence-corrected chi connectivity index (χ2v) is 5.05. The number of fused-ring (bicyclic) bond motifs is 1. The van der Waals surface area contributed by atoms with Crippen molar-refractivity contribution < 1.29 is 0 Å². The van der Waals surface area contributed by atoms with Gasteiger partial charge in [-0.2, -0.15) is 0 Å². The van der Waals surface area contributed by atoms with Crippen molar-refractivity contribution >= 4 is 29.0 Å². The number of nitrogens with one attached hydrogen (secondary N) is 2. The van der Waals surface area contributed by atoms with E-state index in [-0.39, 0.29) is 12.4 Å². The molecule has 1 fully saturated rings. The van der Waals surface area contributed by atoms with Crippen LogP contribution in [0.1, 0.15) is 17.7 Å². The van der Waals surface area contributed by atoms with E-state index in [1.165, 1.54) is 23.1 Å². The van der Waals surface area contributed by atoms with Gasteiger partial charge in [0.05, 0.1) is 16.9 Å². The minimum absolute atomic E-state index is 0. The van der Waals surface area contributed by atoms with Crippen molar-refractivity contribution in [2.45, 2.75) is 26.3 Å². The van der Waals surface area contributed by atoms with Crippen LogP contribution in [0.2, 0.25) is 0 Å². The minimum Gasteiger partial charge on any atom is -0.379 e. The summed E-state index contributed by atoms with van der Waals surface area (Å²) >= 11 is 0. The first-order valence-electron chi connectivity index (χ1n) is 6.59. The molecule has 2 heterocycles. The fourth-order valence-electron chi connectivity index (χ4n) is 2.73. The monoisotopic (exact) mass is 277 g/mol. The summed E-state index contributed by atoms with van der Waals surface area (Å²) in [6.45, 7) is 6.42. The summed E-state index contributed by atoms with van der Waals surface area (Å²) in [7, 11) is 0. The van der Waals surface area contributed by atoms with Crippen LogP contribution in [-0.4, -0.2) is 24.1 Å². The molecule has 1 unspecified atom stereocenters. The van der Waals surface area contributed by atoms with Crippen LogP contribution in [0.5, 0.6) is 0 Å². The Hall–Kier alpha value is -1.32. The molecule has 1 aromatic heterocycles. The van der Waals surface area contributed by atoms with E-state index in [0.717, 1.165) is 24.3 Å². The number of anilines is 1. The highest BCUT2D eigenvalue weighted by Crippen LogP contribution is 2.27. The maximum Gasteiger partial charge on any atom is 0.0709 e. The normalized spacial score (nSPS) is 18.3. The smallest absolute Gasteiger partial charge is 0.0709 e. The predicted octanol–water partition coefficient (Wildman–Crippen LogP) is 3.05. The summed E-state index contributed by atoms with van der Waals surface area (Å²) in [5.74, 6) is 0. The Morgan fingerprint density at radius 3 is 2.79 bits per heavy atom. The quantitative estimate of drug-likeness (QED) is 0.886. The third-order valence-corrected chi connectivity index (χ3v) is 3.74. The van der Waals surface area contributed by atoms with Gasteiger partial charge in [-0.05, 0) is 38.4 Å². The number of aryl methyl sites for hydroxylation is 2. The molecule has 19 heavy (non-hydrogen) atoms. The topological polar surface area (TPSA) is 37.0 Å². The molecule has 1 aliphatic heterocycles. The van der Waals surface area contributed by atoms with Crippen LogP contribution in [-0.2, 0) is 0 Å². The van der Waals surface area contributed by atoms with Crippen molar-refractivity contribution in [3.63, 3.8) is 0 Å². The number of para-hydroxylation sites is 1. The standard InChI is InChI=1S/C15H19N3.ClH/c1-10-13-5-3-4-6-14(13)17-11(2)15(10)18-12-7-8-16-9-12;/h3-6,12,16,18H,7-9H2,1-2H3;1H. The van der Waals surface area contributed by atoms with Gasteiger partial charge in [0.1, 0.15) is 0 Å². The minimum atomic E-state index is 0. The molecule has 102 valence electrons. The maximum absolute atomic E-state index is 4.70. The molecule has 3 rings (SSSR count). The summed E-state index contributed by atoms with van der Waals surface area (Å²) in [6, 6.07) is 8.88. The summed E-state index contributed by atoms with van der Waals surface area (Å²) in [5, 5.41) is 8.28. The number of hydrogen-bond acceptors (Lipinski definition) is 3. The maximum atomic E-state index is 4.70. The molecule has 3 nitrogen and oxygen atoms in total. The van der Waals surface area contributed by atoms with Gasteiger partial charge in [-0.25, -0.2) is 0 Å². The first-order chi connectivity index (χ1) is 8.75. The fourth-order valence-corrected chi connectivity index (χ4v) is 2.73. The van der Waals surface area contributed by atoms with Crippen LogP contribution < -0.4 is 10.6 Å². The third-order valence-electron chi connectivity index (χ3n) is 3.74. The zero-order valence-electron chi connectivity index (χ0n) is 11.4. The molecule has 2 N–H and O–H groups in total. The summed E-state index contributed by atoms with van der Waals surface area (Å²) < 4.78 is 0. The highest BCUT2D eigenvalue weighted by molar-refractivity contribution is 5.87. The zero-order chi connectivity index (χ0) is 12.5. The molecule has 0 saturated carbocycles. The molecule has 0 spiro atoms. The highest BCUT2D eigenvalue weighted by Gasteiger charge is 2.17. The van der Waals surface area contributed by atoms with Gasteiger partial charge in [0.2, 0.25) is 0 Å². The first-order valence-corrected chi connectivity index (χ1v) is 6.59. The van der Waals surface area contributed by atoms with Crippen molar-refractivity contribution in [3.8, 4) is 0 Å². The van der Waals surface area contributed by atoms with Crippen LogP contribution in [0.25, 0.3) is 10.9 Å². The van der Waals surface area contributed by atoms with E-state index >= 15 is 0 Å². The summed E-state index contributed by atoms with van der Waals surface area (Å²) in [5.41, 5.74) is 4.70. The molecule has 1 aromatic carbocycles. The van der Waals surface area contributed by atoms with E-state index in [2.05, 4.69) is 42.7 Å². The lowest BCUT2D eigenvalue weighted by molar-refractivity contribution is 0.790.